The number of nitrogens with zero attached hydrogens (tertiary/aromatic N) is 2. The molecule has 24 heavy (non-hydrogen) atoms. The smallest absolute Gasteiger partial charge is 0.343 e. The fraction of sp³-hybridized carbons (Fsp3) is 0.471. The molecule has 2 aromatic rings. The van der Waals surface area contributed by atoms with E-state index in [0.717, 1.165) is 41.5 Å². The highest BCUT2D eigenvalue weighted by Crippen LogP contribution is 2.43. The number of carbonyl (C=O) groups excluding carboxylic acids is 1. The zero-order valence-electron chi connectivity index (χ0n) is 13.9. The molecule has 1 fully saturated rings. The van der Waals surface area contributed by atoms with Gasteiger partial charge in [0.1, 0.15) is 5.82 Å². The molecule has 1 amide bonds. The molecule has 7 heteroatoms. The van der Waals surface area contributed by atoms with E-state index in [4.69, 9.17) is 0 Å². The first-order chi connectivity index (χ1) is 11.4. The van der Waals surface area contributed by atoms with Gasteiger partial charge < -0.3 is 5.32 Å². The van der Waals surface area contributed by atoms with Crippen LogP contribution in [0.3, 0.4) is 0 Å². The van der Waals surface area contributed by atoms with Crippen LogP contribution in [-0.4, -0.2) is 27.2 Å². The quantitative estimate of drug-likeness (QED) is 0.874. The van der Waals surface area contributed by atoms with Gasteiger partial charge in [0.05, 0.1) is 0 Å². The molecule has 0 unspecified atom stereocenters. The van der Waals surface area contributed by atoms with Crippen LogP contribution in [0.25, 0.3) is 0 Å². The SMILES string of the molecule is Cc1cc(F)ccc1CC1(CNC(=O)c2nn(C)c(=O)[nH]2)CCC1. The molecule has 128 valence electrons. The Labute approximate surface area is 139 Å². The van der Waals surface area contributed by atoms with Crippen molar-refractivity contribution in [3.8, 4) is 0 Å². The first-order valence-electron chi connectivity index (χ1n) is 8.05. The van der Waals surface area contributed by atoms with Gasteiger partial charge in [-0.15, -0.1) is 5.10 Å². The molecule has 1 saturated carbocycles. The number of hydrogen-bond acceptors (Lipinski definition) is 3. The lowest BCUT2D eigenvalue weighted by molar-refractivity contribution is 0.0849. The summed E-state index contributed by atoms with van der Waals surface area (Å²) in [5, 5.41) is 6.73. The Kier molecular flexibility index (Phi) is 4.26. The summed E-state index contributed by atoms with van der Waals surface area (Å²) in [7, 11) is 1.49. The van der Waals surface area contributed by atoms with E-state index in [1.807, 2.05) is 13.0 Å². The lowest BCUT2D eigenvalue weighted by Crippen LogP contribution is -2.44. The average Bonchev–Trinajstić information content (AvgIpc) is 2.83. The molecule has 1 heterocycles. The molecule has 0 bridgehead atoms. The number of H-pyrrole nitrogens is 1. The van der Waals surface area contributed by atoms with Crippen LogP contribution in [0.4, 0.5) is 4.39 Å². The molecule has 0 spiro atoms. The number of aromatic amines is 1. The highest BCUT2D eigenvalue weighted by atomic mass is 19.1. The third kappa shape index (κ3) is 3.25. The maximum atomic E-state index is 13.3. The van der Waals surface area contributed by atoms with Gasteiger partial charge in [0.25, 0.3) is 5.91 Å². The van der Waals surface area contributed by atoms with E-state index in [-0.39, 0.29) is 23.0 Å². The van der Waals surface area contributed by atoms with Crippen LogP contribution in [0.15, 0.2) is 23.0 Å². The zero-order valence-corrected chi connectivity index (χ0v) is 13.9. The van der Waals surface area contributed by atoms with Crippen LogP contribution in [-0.2, 0) is 13.5 Å². The first-order valence-corrected chi connectivity index (χ1v) is 8.05. The summed E-state index contributed by atoms with van der Waals surface area (Å²) in [6, 6.07) is 4.84. The predicted molar refractivity (Wildman–Crippen MR) is 87.3 cm³/mol. The van der Waals surface area contributed by atoms with Crippen LogP contribution in [0.2, 0.25) is 0 Å². The Balaban J connectivity index is 1.67. The highest BCUT2D eigenvalue weighted by molar-refractivity contribution is 5.90. The second kappa shape index (κ2) is 6.22. The monoisotopic (exact) mass is 332 g/mol. The number of halogens is 1. The normalized spacial score (nSPS) is 15.8. The van der Waals surface area contributed by atoms with Crippen molar-refractivity contribution in [1.29, 1.82) is 0 Å². The van der Waals surface area contributed by atoms with Gasteiger partial charge in [0, 0.05) is 13.6 Å². The van der Waals surface area contributed by atoms with E-state index >= 15 is 0 Å². The molecule has 1 aliphatic rings. The number of carbonyl (C=O) groups is 1. The van der Waals surface area contributed by atoms with E-state index in [2.05, 4.69) is 15.4 Å². The lowest BCUT2D eigenvalue weighted by Gasteiger charge is -2.42. The Morgan fingerprint density at radius 3 is 2.75 bits per heavy atom. The van der Waals surface area contributed by atoms with Gasteiger partial charge in [-0.05, 0) is 54.9 Å². The Hall–Kier alpha value is -2.44. The van der Waals surface area contributed by atoms with Gasteiger partial charge >= 0.3 is 5.69 Å². The third-order valence-electron chi connectivity index (χ3n) is 4.89. The Morgan fingerprint density at radius 2 is 2.21 bits per heavy atom. The fourth-order valence-corrected chi connectivity index (χ4v) is 3.21. The van der Waals surface area contributed by atoms with Crippen LogP contribution in [0.1, 0.15) is 41.0 Å². The van der Waals surface area contributed by atoms with Crippen molar-refractivity contribution in [3.63, 3.8) is 0 Å². The van der Waals surface area contributed by atoms with Crippen molar-refractivity contribution in [2.45, 2.75) is 32.6 Å². The van der Waals surface area contributed by atoms with Gasteiger partial charge in [0.15, 0.2) is 0 Å². The minimum Gasteiger partial charge on any atom is -0.349 e. The molecule has 1 aliphatic carbocycles. The molecule has 6 nitrogen and oxygen atoms in total. The second-order valence-electron chi connectivity index (χ2n) is 6.69. The minimum absolute atomic E-state index is 0.00662. The number of aryl methyl sites for hydroxylation is 2. The predicted octanol–water partition coefficient (Wildman–Crippen LogP) is 1.70. The van der Waals surface area contributed by atoms with E-state index in [1.54, 1.807) is 6.07 Å². The third-order valence-corrected chi connectivity index (χ3v) is 4.89. The number of amides is 1. The Morgan fingerprint density at radius 1 is 1.46 bits per heavy atom. The van der Waals surface area contributed by atoms with Crippen molar-refractivity contribution in [2.24, 2.45) is 12.5 Å². The lowest BCUT2D eigenvalue weighted by atomic mass is 9.65. The van der Waals surface area contributed by atoms with Crippen LogP contribution < -0.4 is 11.0 Å². The van der Waals surface area contributed by atoms with E-state index < -0.39 is 5.69 Å². The second-order valence-corrected chi connectivity index (χ2v) is 6.69. The molecular weight excluding hydrogens is 311 g/mol. The van der Waals surface area contributed by atoms with Crippen LogP contribution in [0.5, 0.6) is 0 Å². The molecule has 1 aromatic carbocycles. The van der Waals surface area contributed by atoms with E-state index in [1.165, 1.54) is 13.1 Å². The van der Waals surface area contributed by atoms with Crippen LogP contribution >= 0.6 is 0 Å². The van der Waals surface area contributed by atoms with Crippen molar-refractivity contribution >= 4 is 5.91 Å². The van der Waals surface area contributed by atoms with E-state index in [0.29, 0.717) is 6.54 Å². The van der Waals surface area contributed by atoms with E-state index in [9.17, 15) is 14.0 Å². The molecule has 2 N–H and O–H groups in total. The summed E-state index contributed by atoms with van der Waals surface area (Å²) in [6.45, 7) is 2.42. The van der Waals surface area contributed by atoms with Crippen molar-refractivity contribution in [3.05, 3.63) is 51.5 Å². The number of nitrogens with one attached hydrogen (secondary N) is 2. The Bertz CT molecular complexity index is 820. The number of benzene rings is 1. The van der Waals surface area contributed by atoms with Gasteiger partial charge in [-0.2, -0.15) is 0 Å². The van der Waals surface area contributed by atoms with Crippen molar-refractivity contribution in [1.82, 2.24) is 20.1 Å². The summed E-state index contributed by atoms with van der Waals surface area (Å²) < 4.78 is 14.4. The molecule has 1 aromatic heterocycles. The van der Waals surface area contributed by atoms with Gasteiger partial charge in [0.2, 0.25) is 5.82 Å². The minimum atomic E-state index is -0.416. The van der Waals surface area contributed by atoms with Crippen molar-refractivity contribution < 1.29 is 9.18 Å². The number of aromatic nitrogens is 3. The number of rotatable bonds is 5. The molecule has 0 saturated heterocycles. The number of hydrogen-bond donors (Lipinski definition) is 2. The molecule has 0 radical (unpaired) electrons. The maximum absolute atomic E-state index is 13.3. The largest absolute Gasteiger partial charge is 0.349 e. The average molecular weight is 332 g/mol. The zero-order chi connectivity index (χ0) is 17.3. The van der Waals surface area contributed by atoms with Gasteiger partial charge in [-0.3, -0.25) is 9.78 Å². The summed E-state index contributed by atoms with van der Waals surface area (Å²) in [5.74, 6) is -0.587. The summed E-state index contributed by atoms with van der Waals surface area (Å²) >= 11 is 0. The van der Waals surface area contributed by atoms with Crippen molar-refractivity contribution in [2.75, 3.05) is 6.54 Å². The van der Waals surface area contributed by atoms with Gasteiger partial charge in [-0.1, -0.05) is 12.5 Å². The summed E-state index contributed by atoms with van der Waals surface area (Å²) in [5.41, 5.74) is 1.62. The molecule has 3 rings (SSSR count). The highest BCUT2D eigenvalue weighted by Gasteiger charge is 2.37. The molecule has 0 atom stereocenters. The standard InChI is InChI=1S/C17H21FN4O2/c1-11-8-13(18)5-4-12(11)9-17(6-3-7-17)10-19-15(23)14-20-16(24)22(2)21-14/h4-5,8H,3,6-7,9-10H2,1-2H3,(H,19,23)(H,20,21,24). The first kappa shape index (κ1) is 16.4. The fourth-order valence-electron chi connectivity index (χ4n) is 3.21. The topological polar surface area (TPSA) is 79.8 Å². The van der Waals surface area contributed by atoms with Crippen LogP contribution in [0, 0.1) is 18.2 Å². The van der Waals surface area contributed by atoms with Gasteiger partial charge in [-0.25, -0.2) is 13.9 Å². The molecule has 0 aliphatic heterocycles. The summed E-state index contributed by atoms with van der Waals surface area (Å²) in [4.78, 5) is 25.9. The maximum Gasteiger partial charge on any atom is 0.343 e. The molecular formula is C17H21FN4O2. The summed E-state index contributed by atoms with van der Waals surface area (Å²) in [6.07, 6.45) is 3.96.